The fourth-order valence-corrected chi connectivity index (χ4v) is 3.01. The molecule has 1 aliphatic rings. The molecule has 100 valence electrons. The standard InChI is InChI=1S/C11H17N3O3S/c12-6-9-3-4-11(7-13-9)18(15,16)14-10-2-1-5-17-8-10/h3-4,7,10,14H,1-2,5-6,8,12H2. The van der Waals surface area contributed by atoms with Crippen LogP contribution in [0.2, 0.25) is 0 Å². The molecule has 1 aromatic heterocycles. The van der Waals surface area contributed by atoms with Crippen LogP contribution in [0.4, 0.5) is 0 Å². The number of ether oxygens (including phenoxy) is 1. The number of aromatic nitrogens is 1. The number of nitrogens with zero attached hydrogens (tertiary/aromatic N) is 1. The summed E-state index contributed by atoms with van der Waals surface area (Å²) in [7, 11) is -3.52. The van der Waals surface area contributed by atoms with Crippen LogP contribution in [0.1, 0.15) is 18.5 Å². The van der Waals surface area contributed by atoms with Crippen LogP contribution in [0, 0.1) is 0 Å². The molecule has 1 fully saturated rings. The van der Waals surface area contributed by atoms with Crippen molar-refractivity contribution < 1.29 is 13.2 Å². The average molecular weight is 271 g/mol. The van der Waals surface area contributed by atoms with Gasteiger partial charge in [0, 0.05) is 25.4 Å². The molecule has 1 atom stereocenters. The lowest BCUT2D eigenvalue weighted by atomic mass is 10.1. The number of pyridine rings is 1. The first-order chi connectivity index (χ1) is 8.62. The molecule has 1 aliphatic heterocycles. The maximum atomic E-state index is 12.1. The predicted octanol–water partition coefficient (Wildman–Crippen LogP) is -0.00240. The third-order valence-electron chi connectivity index (χ3n) is 2.80. The Kier molecular flexibility index (Phi) is 4.28. The summed E-state index contributed by atoms with van der Waals surface area (Å²) >= 11 is 0. The highest BCUT2D eigenvalue weighted by Gasteiger charge is 2.22. The number of hydrogen-bond donors (Lipinski definition) is 2. The van der Waals surface area contributed by atoms with E-state index in [1.54, 1.807) is 6.07 Å². The van der Waals surface area contributed by atoms with E-state index in [2.05, 4.69) is 9.71 Å². The van der Waals surface area contributed by atoms with Gasteiger partial charge in [0.1, 0.15) is 4.90 Å². The van der Waals surface area contributed by atoms with Gasteiger partial charge < -0.3 is 10.5 Å². The second kappa shape index (κ2) is 5.75. The molecule has 7 heteroatoms. The number of nitrogens with two attached hydrogens (primary N) is 1. The van der Waals surface area contributed by atoms with E-state index >= 15 is 0 Å². The van der Waals surface area contributed by atoms with Gasteiger partial charge >= 0.3 is 0 Å². The summed E-state index contributed by atoms with van der Waals surface area (Å²) in [4.78, 5) is 4.14. The lowest BCUT2D eigenvalue weighted by Crippen LogP contribution is -2.40. The van der Waals surface area contributed by atoms with Gasteiger partial charge in [-0.05, 0) is 25.0 Å². The van der Waals surface area contributed by atoms with Crippen molar-refractivity contribution >= 4 is 10.0 Å². The quantitative estimate of drug-likeness (QED) is 0.803. The summed E-state index contributed by atoms with van der Waals surface area (Å²) in [6, 6.07) is 2.98. The molecule has 0 aromatic carbocycles. The van der Waals surface area contributed by atoms with Crippen LogP contribution in [0.25, 0.3) is 0 Å². The fourth-order valence-electron chi connectivity index (χ4n) is 1.81. The van der Waals surface area contributed by atoms with Crippen molar-refractivity contribution in [2.45, 2.75) is 30.3 Å². The van der Waals surface area contributed by atoms with Crippen LogP contribution < -0.4 is 10.5 Å². The normalized spacial score (nSPS) is 20.8. The van der Waals surface area contributed by atoms with Crippen molar-refractivity contribution in [3.63, 3.8) is 0 Å². The van der Waals surface area contributed by atoms with Gasteiger partial charge in [-0.25, -0.2) is 13.1 Å². The molecule has 0 bridgehead atoms. The molecule has 6 nitrogen and oxygen atoms in total. The average Bonchev–Trinajstić information content (AvgIpc) is 2.39. The molecule has 1 saturated heterocycles. The van der Waals surface area contributed by atoms with Crippen molar-refractivity contribution in [3.05, 3.63) is 24.0 Å². The van der Waals surface area contributed by atoms with E-state index in [0.717, 1.165) is 12.8 Å². The first kappa shape index (κ1) is 13.4. The highest BCUT2D eigenvalue weighted by molar-refractivity contribution is 7.89. The second-order valence-electron chi connectivity index (χ2n) is 4.22. The number of rotatable bonds is 4. The molecule has 0 radical (unpaired) electrons. The van der Waals surface area contributed by atoms with Gasteiger partial charge in [0.2, 0.25) is 10.0 Å². The molecule has 1 aromatic rings. The molecule has 2 heterocycles. The van der Waals surface area contributed by atoms with E-state index in [-0.39, 0.29) is 10.9 Å². The SMILES string of the molecule is NCc1ccc(S(=O)(=O)NC2CCCOC2)cn1. The topological polar surface area (TPSA) is 94.3 Å². The van der Waals surface area contributed by atoms with Gasteiger partial charge in [-0.3, -0.25) is 4.98 Å². The van der Waals surface area contributed by atoms with Gasteiger partial charge in [-0.1, -0.05) is 0 Å². The Hall–Kier alpha value is -1.02. The van der Waals surface area contributed by atoms with Crippen LogP contribution in [0.5, 0.6) is 0 Å². The third-order valence-corrected chi connectivity index (χ3v) is 4.30. The van der Waals surface area contributed by atoms with Crippen molar-refractivity contribution in [2.24, 2.45) is 5.73 Å². The Bertz CT molecular complexity index is 481. The zero-order chi connectivity index (χ0) is 13.0. The second-order valence-corrected chi connectivity index (χ2v) is 5.94. The molecule has 3 N–H and O–H groups in total. The van der Waals surface area contributed by atoms with E-state index in [9.17, 15) is 8.42 Å². The molecular weight excluding hydrogens is 254 g/mol. The predicted molar refractivity (Wildman–Crippen MR) is 66.3 cm³/mol. The van der Waals surface area contributed by atoms with Crippen molar-refractivity contribution in [3.8, 4) is 0 Å². The molecule has 2 rings (SSSR count). The van der Waals surface area contributed by atoms with Crippen molar-refractivity contribution in [1.29, 1.82) is 0 Å². The van der Waals surface area contributed by atoms with Gasteiger partial charge in [0.25, 0.3) is 0 Å². The summed E-state index contributed by atoms with van der Waals surface area (Å²) in [5, 5.41) is 0. The van der Waals surface area contributed by atoms with Crippen LogP contribution in [0.15, 0.2) is 23.2 Å². The molecule has 18 heavy (non-hydrogen) atoms. The minimum absolute atomic E-state index is 0.155. The number of sulfonamides is 1. The highest BCUT2D eigenvalue weighted by Crippen LogP contribution is 2.12. The minimum atomic E-state index is -3.52. The van der Waals surface area contributed by atoms with E-state index in [1.807, 2.05) is 0 Å². The molecule has 0 spiro atoms. The van der Waals surface area contributed by atoms with Gasteiger partial charge in [-0.2, -0.15) is 0 Å². The van der Waals surface area contributed by atoms with Crippen LogP contribution in [-0.2, 0) is 21.3 Å². The highest BCUT2D eigenvalue weighted by atomic mass is 32.2. The summed E-state index contributed by atoms with van der Waals surface area (Å²) in [6.07, 6.45) is 3.00. The van der Waals surface area contributed by atoms with Crippen LogP contribution in [0.3, 0.4) is 0 Å². The van der Waals surface area contributed by atoms with Crippen molar-refractivity contribution in [1.82, 2.24) is 9.71 Å². The fraction of sp³-hybridized carbons (Fsp3) is 0.545. The summed E-state index contributed by atoms with van der Waals surface area (Å²) in [6.45, 7) is 1.42. The Balaban J connectivity index is 2.08. The molecule has 1 unspecified atom stereocenters. The van der Waals surface area contributed by atoms with Gasteiger partial charge in [0.15, 0.2) is 0 Å². The lowest BCUT2D eigenvalue weighted by molar-refractivity contribution is 0.0774. The molecule has 0 saturated carbocycles. The maximum absolute atomic E-state index is 12.1. The van der Waals surface area contributed by atoms with E-state index in [1.165, 1.54) is 12.3 Å². The third kappa shape index (κ3) is 3.26. The smallest absolute Gasteiger partial charge is 0.242 e. The number of hydrogen-bond acceptors (Lipinski definition) is 5. The van der Waals surface area contributed by atoms with E-state index < -0.39 is 10.0 Å². The molecular formula is C11H17N3O3S. The summed E-state index contributed by atoms with van der Waals surface area (Å²) in [5.74, 6) is 0. The van der Waals surface area contributed by atoms with Gasteiger partial charge in [0.05, 0.1) is 12.3 Å². The van der Waals surface area contributed by atoms with Crippen molar-refractivity contribution in [2.75, 3.05) is 13.2 Å². The Morgan fingerprint density at radius 3 is 2.89 bits per heavy atom. The van der Waals surface area contributed by atoms with Crippen LogP contribution >= 0.6 is 0 Å². The summed E-state index contributed by atoms with van der Waals surface area (Å²) in [5.41, 5.74) is 6.08. The first-order valence-electron chi connectivity index (χ1n) is 5.87. The molecule has 0 amide bonds. The number of nitrogens with one attached hydrogen (secondary N) is 1. The Morgan fingerprint density at radius 2 is 2.33 bits per heavy atom. The van der Waals surface area contributed by atoms with E-state index in [4.69, 9.17) is 10.5 Å². The summed E-state index contributed by atoms with van der Waals surface area (Å²) < 4.78 is 32.0. The monoisotopic (exact) mass is 271 g/mol. The Morgan fingerprint density at radius 1 is 1.50 bits per heavy atom. The first-order valence-corrected chi connectivity index (χ1v) is 7.35. The zero-order valence-electron chi connectivity index (χ0n) is 10.0. The molecule has 0 aliphatic carbocycles. The minimum Gasteiger partial charge on any atom is -0.380 e. The zero-order valence-corrected chi connectivity index (χ0v) is 10.8. The van der Waals surface area contributed by atoms with Crippen LogP contribution in [-0.4, -0.2) is 32.7 Å². The maximum Gasteiger partial charge on any atom is 0.242 e. The Labute approximate surface area is 107 Å². The van der Waals surface area contributed by atoms with Gasteiger partial charge in [-0.15, -0.1) is 0 Å². The lowest BCUT2D eigenvalue weighted by Gasteiger charge is -2.22. The largest absolute Gasteiger partial charge is 0.380 e. The van der Waals surface area contributed by atoms with E-state index in [0.29, 0.717) is 25.5 Å².